The average molecular weight is 332 g/mol. The number of hydrogen-bond acceptors (Lipinski definition) is 4. The summed E-state index contributed by atoms with van der Waals surface area (Å²) in [5.74, 6) is -1.02. The monoisotopic (exact) mass is 332 g/mol. The molecule has 2 atom stereocenters. The van der Waals surface area contributed by atoms with Crippen molar-refractivity contribution in [3.05, 3.63) is 53.1 Å². The van der Waals surface area contributed by atoms with Crippen molar-refractivity contribution in [2.45, 2.75) is 19.4 Å². The standard InChI is InChI=1S/C16H16N2O4S/c1-11(7-16(19)20)18(14-5-3-2-4-6-14)23(21,22)15-9-12-8-13(12)10-17-15/h2-6,8-12H,7H2,1H3,(H,19,20). The average Bonchev–Trinajstić information content (AvgIpc) is 3.25. The number of hydrogen-bond donors (Lipinski definition) is 1. The summed E-state index contributed by atoms with van der Waals surface area (Å²) < 4.78 is 27.1. The molecule has 3 rings (SSSR count). The summed E-state index contributed by atoms with van der Waals surface area (Å²) >= 11 is 0. The Morgan fingerprint density at radius 1 is 1.30 bits per heavy atom. The number of allylic oxidation sites excluding steroid dienone is 3. The van der Waals surface area contributed by atoms with E-state index in [1.807, 2.05) is 6.08 Å². The van der Waals surface area contributed by atoms with Crippen molar-refractivity contribution in [2.75, 3.05) is 4.31 Å². The van der Waals surface area contributed by atoms with Gasteiger partial charge >= 0.3 is 5.97 Å². The molecule has 0 saturated carbocycles. The summed E-state index contributed by atoms with van der Waals surface area (Å²) in [6, 6.07) is 7.75. The summed E-state index contributed by atoms with van der Waals surface area (Å²) in [5, 5.41) is 8.99. The Balaban J connectivity index is 2.00. The van der Waals surface area contributed by atoms with E-state index in [9.17, 15) is 13.2 Å². The Labute approximate surface area is 134 Å². The van der Waals surface area contributed by atoms with Crippen molar-refractivity contribution in [3.63, 3.8) is 0 Å². The highest BCUT2D eigenvalue weighted by atomic mass is 32.2. The van der Waals surface area contributed by atoms with E-state index in [1.165, 1.54) is 0 Å². The Morgan fingerprint density at radius 3 is 2.61 bits per heavy atom. The summed E-state index contributed by atoms with van der Waals surface area (Å²) in [6.45, 7) is 1.58. The van der Waals surface area contributed by atoms with E-state index in [2.05, 4.69) is 4.99 Å². The molecule has 0 radical (unpaired) electrons. The zero-order valence-electron chi connectivity index (χ0n) is 12.5. The van der Waals surface area contributed by atoms with Gasteiger partial charge in [0.05, 0.1) is 18.2 Å². The van der Waals surface area contributed by atoms with E-state index in [1.54, 1.807) is 49.5 Å². The fraction of sp³-hybridized carbons (Fsp3) is 0.250. The Bertz CT molecular complexity index is 825. The number of anilines is 1. The van der Waals surface area contributed by atoms with Crippen LogP contribution in [0.3, 0.4) is 0 Å². The molecule has 0 fully saturated rings. The van der Waals surface area contributed by atoms with Gasteiger partial charge in [-0.2, -0.15) is 8.42 Å². The number of aliphatic imine (C=N–C) groups is 1. The van der Waals surface area contributed by atoms with Gasteiger partial charge in [0.1, 0.15) is 0 Å². The van der Waals surface area contributed by atoms with Crippen LogP contribution in [0.5, 0.6) is 0 Å². The summed E-state index contributed by atoms with van der Waals surface area (Å²) in [6.07, 6.45) is 4.76. The lowest BCUT2D eigenvalue weighted by atomic mass is 10.2. The molecule has 23 heavy (non-hydrogen) atoms. The lowest BCUT2D eigenvalue weighted by Crippen LogP contribution is -2.40. The number of benzene rings is 1. The predicted octanol–water partition coefficient (Wildman–Crippen LogP) is 2.17. The molecule has 0 spiro atoms. The van der Waals surface area contributed by atoms with E-state index < -0.39 is 22.0 Å². The normalized spacial score (nSPS) is 20.1. The quantitative estimate of drug-likeness (QED) is 0.865. The molecule has 1 aromatic carbocycles. The molecule has 0 amide bonds. The Kier molecular flexibility index (Phi) is 3.81. The van der Waals surface area contributed by atoms with E-state index >= 15 is 0 Å². The number of carboxylic acids is 1. The first-order valence-corrected chi connectivity index (χ1v) is 8.62. The van der Waals surface area contributed by atoms with Crippen molar-refractivity contribution in [2.24, 2.45) is 10.9 Å². The van der Waals surface area contributed by atoms with Gasteiger partial charge in [-0.25, -0.2) is 4.99 Å². The van der Waals surface area contributed by atoms with Crippen molar-refractivity contribution in [1.29, 1.82) is 0 Å². The molecule has 0 saturated heterocycles. The van der Waals surface area contributed by atoms with Crippen LogP contribution >= 0.6 is 0 Å². The first-order valence-electron chi connectivity index (χ1n) is 7.18. The Hall–Kier alpha value is -2.41. The van der Waals surface area contributed by atoms with Crippen molar-refractivity contribution >= 4 is 27.9 Å². The van der Waals surface area contributed by atoms with E-state index in [4.69, 9.17) is 5.11 Å². The van der Waals surface area contributed by atoms with Gasteiger partial charge in [-0.1, -0.05) is 24.3 Å². The van der Waals surface area contributed by atoms with Crippen LogP contribution in [0.1, 0.15) is 13.3 Å². The minimum Gasteiger partial charge on any atom is -0.481 e. The second kappa shape index (κ2) is 5.66. The van der Waals surface area contributed by atoms with E-state index in [0.29, 0.717) is 5.69 Å². The lowest BCUT2D eigenvalue weighted by molar-refractivity contribution is -0.137. The van der Waals surface area contributed by atoms with Crippen LogP contribution in [0.15, 0.2) is 58.1 Å². The third-order valence-corrected chi connectivity index (χ3v) is 5.57. The molecule has 6 nitrogen and oxygen atoms in total. The zero-order chi connectivity index (χ0) is 16.6. The number of rotatable bonds is 6. The van der Waals surface area contributed by atoms with Gasteiger partial charge in [0.25, 0.3) is 10.0 Å². The number of fused-ring (bicyclic) bond motifs is 1. The molecule has 2 unspecified atom stereocenters. The molecule has 120 valence electrons. The molecule has 7 heteroatoms. The SMILES string of the molecule is CC(CC(=O)O)N(c1ccccc1)S(=O)(=O)C1=CC2C=C2C=N1. The molecule has 1 aromatic rings. The second-order valence-electron chi connectivity index (χ2n) is 5.54. The maximum Gasteiger partial charge on any atom is 0.305 e. The topological polar surface area (TPSA) is 87.0 Å². The van der Waals surface area contributed by atoms with Crippen LogP contribution < -0.4 is 4.31 Å². The number of carbonyl (C=O) groups is 1. The second-order valence-corrected chi connectivity index (χ2v) is 7.30. The summed E-state index contributed by atoms with van der Waals surface area (Å²) in [5.41, 5.74) is 1.43. The van der Waals surface area contributed by atoms with Crippen LogP contribution in [0, 0.1) is 5.92 Å². The van der Waals surface area contributed by atoms with Crippen LogP contribution in [0.2, 0.25) is 0 Å². The number of para-hydroxylation sites is 1. The van der Waals surface area contributed by atoms with Gasteiger partial charge in [-0.05, 0) is 30.7 Å². The Morgan fingerprint density at radius 2 is 2.00 bits per heavy atom. The van der Waals surface area contributed by atoms with Crippen molar-refractivity contribution < 1.29 is 18.3 Å². The van der Waals surface area contributed by atoms with Crippen LogP contribution in [0.25, 0.3) is 0 Å². The predicted molar refractivity (Wildman–Crippen MR) is 87.7 cm³/mol. The summed E-state index contributed by atoms with van der Waals surface area (Å²) in [7, 11) is -3.93. The maximum atomic E-state index is 13.0. The number of carboxylic acid groups (broad SMARTS) is 1. The molecule has 2 aliphatic rings. The molecular weight excluding hydrogens is 316 g/mol. The van der Waals surface area contributed by atoms with Gasteiger partial charge in [-0.15, -0.1) is 0 Å². The fourth-order valence-corrected chi connectivity index (χ4v) is 4.22. The highest BCUT2D eigenvalue weighted by Crippen LogP contribution is 2.36. The minimum absolute atomic E-state index is 0.0321. The maximum absolute atomic E-state index is 13.0. The number of nitrogens with zero attached hydrogens (tertiary/aromatic N) is 2. The lowest BCUT2D eigenvalue weighted by Gasteiger charge is -2.30. The fourth-order valence-electron chi connectivity index (χ4n) is 2.56. The molecule has 1 aliphatic carbocycles. The largest absolute Gasteiger partial charge is 0.481 e. The first kappa shape index (κ1) is 15.5. The van der Waals surface area contributed by atoms with Crippen molar-refractivity contribution in [1.82, 2.24) is 0 Å². The molecule has 1 aliphatic heterocycles. The zero-order valence-corrected chi connectivity index (χ0v) is 13.3. The van der Waals surface area contributed by atoms with E-state index in [-0.39, 0.29) is 17.4 Å². The molecule has 0 aromatic heterocycles. The van der Waals surface area contributed by atoms with Crippen molar-refractivity contribution in [3.8, 4) is 0 Å². The van der Waals surface area contributed by atoms with Gasteiger partial charge in [0.15, 0.2) is 5.03 Å². The number of sulfonamides is 1. The first-order chi connectivity index (χ1) is 10.9. The highest BCUT2D eigenvalue weighted by molar-refractivity contribution is 7.96. The molecule has 1 heterocycles. The van der Waals surface area contributed by atoms with Crippen LogP contribution in [-0.4, -0.2) is 31.8 Å². The number of aliphatic carboxylic acids is 1. The molecule has 1 N–H and O–H groups in total. The van der Waals surface area contributed by atoms with Crippen LogP contribution in [0.4, 0.5) is 5.69 Å². The summed E-state index contributed by atoms with van der Waals surface area (Å²) in [4.78, 5) is 15.1. The van der Waals surface area contributed by atoms with Gasteiger partial charge in [0, 0.05) is 12.1 Å². The molecule has 0 bridgehead atoms. The van der Waals surface area contributed by atoms with E-state index in [0.717, 1.165) is 9.88 Å². The van der Waals surface area contributed by atoms with Gasteiger partial charge < -0.3 is 5.11 Å². The minimum atomic E-state index is -3.93. The molecular formula is C16H16N2O4S. The highest BCUT2D eigenvalue weighted by Gasteiger charge is 2.36. The third-order valence-electron chi connectivity index (χ3n) is 3.72. The smallest absolute Gasteiger partial charge is 0.305 e. The third kappa shape index (κ3) is 3.05. The van der Waals surface area contributed by atoms with Crippen LogP contribution in [-0.2, 0) is 14.8 Å². The van der Waals surface area contributed by atoms with Gasteiger partial charge in [-0.3, -0.25) is 9.10 Å². The van der Waals surface area contributed by atoms with Gasteiger partial charge in [0.2, 0.25) is 0 Å².